The van der Waals surface area contributed by atoms with Crippen LogP contribution in [0.15, 0.2) is 0 Å². The Morgan fingerprint density at radius 3 is 3.13 bits per heavy atom. The molecule has 2 unspecified atom stereocenters. The maximum atomic E-state index is 11.6. The summed E-state index contributed by atoms with van der Waals surface area (Å²) in [4.78, 5) is 11.6. The van der Waals surface area contributed by atoms with E-state index < -0.39 is 0 Å². The summed E-state index contributed by atoms with van der Waals surface area (Å²) in [5, 5.41) is 6.26. The van der Waals surface area contributed by atoms with Crippen molar-refractivity contribution >= 4 is 17.7 Å². The molecule has 1 aliphatic rings. The lowest BCUT2D eigenvalue weighted by Crippen LogP contribution is -2.43. The number of thioether (sulfide) groups is 1. The van der Waals surface area contributed by atoms with E-state index in [2.05, 4.69) is 10.6 Å². The van der Waals surface area contributed by atoms with Crippen molar-refractivity contribution in [2.24, 2.45) is 0 Å². The Morgan fingerprint density at radius 1 is 1.73 bits per heavy atom. The van der Waals surface area contributed by atoms with Crippen molar-refractivity contribution in [2.75, 3.05) is 31.8 Å². The second-order valence-electron chi connectivity index (χ2n) is 3.85. The van der Waals surface area contributed by atoms with Crippen LogP contribution >= 0.6 is 11.8 Å². The number of rotatable bonds is 5. The van der Waals surface area contributed by atoms with Gasteiger partial charge in [-0.25, -0.2) is 0 Å². The fourth-order valence-corrected chi connectivity index (χ4v) is 2.55. The highest BCUT2D eigenvalue weighted by molar-refractivity contribution is 7.99. The lowest BCUT2D eigenvalue weighted by Gasteiger charge is -2.23. The Bertz CT molecular complexity index is 196. The van der Waals surface area contributed by atoms with Crippen LogP contribution in [0.2, 0.25) is 0 Å². The molecule has 0 aliphatic carbocycles. The van der Waals surface area contributed by atoms with Crippen LogP contribution in [-0.2, 0) is 9.53 Å². The summed E-state index contributed by atoms with van der Waals surface area (Å²) in [6.07, 6.45) is 0.570. The van der Waals surface area contributed by atoms with Crippen molar-refractivity contribution in [3.05, 3.63) is 0 Å². The fraction of sp³-hybridized carbons (Fsp3) is 0.900. The molecule has 1 heterocycles. The normalized spacial score (nSPS) is 23.5. The van der Waals surface area contributed by atoms with E-state index in [1.807, 2.05) is 18.7 Å². The second-order valence-corrected chi connectivity index (χ2v) is 5.00. The molecule has 15 heavy (non-hydrogen) atoms. The first-order chi connectivity index (χ1) is 7.22. The molecule has 5 heteroatoms. The van der Waals surface area contributed by atoms with Gasteiger partial charge in [0.1, 0.15) is 0 Å². The van der Waals surface area contributed by atoms with Gasteiger partial charge in [0.2, 0.25) is 5.91 Å². The predicted molar refractivity (Wildman–Crippen MR) is 63.2 cm³/mol. The van der Waals surface area contributed by atoms with E-state index in [1.54, 1.807) is 7.11 Å². The molecule has 2 atom stereocenters. The molecule has 0 bridgehead atoms. The molecular weight excluding hydrogens is 212 g/mol. The molecule has 1 rings (SSSR count). The quantitative estimate of drug-likeness (QED) is 0.712. The number of carbonyl (C=O) groups is 1. The van der Waals surface area contributed by atoms with E-state index >= 15 is 0 Å². The zero-order valence-corrected chi connectivity index (χ0v) is 10.2. The van der Waals surface area contributed by atoms with Gasteiger partial charge in [-0.15, -0.1) is 0 Å². The van der Waals surface area contributed by atoms with E-state index in [-0.39, 0.29) is 11.9 Å². The van der Waals surface area contributed by atoms with Crippen LogP contribution in [0, 0.1) is 0 Å². The number of ether oxygens (including phenoxy) is 1. The SMILES string of the molecule is COCC(C)NC(=O)CC1CSCCN1. The molecule has 0 aromatic rings. The lowest BCUT2D eigenvalue weighted by atomic mass is 10.2. The van der Waals surface area contributed by atoms with Gasteiger partial charge in [0.05, 0.1) is 6.61 Å². The summed E-state index contributed by atoms with van der Waals surface area (Å²) in [5.41, 5.74) is 0. The van der Waals surface area contributed by atoms with E-state index in [9.17, 15) is 4.79 Å². The van der Waals surface area contributed by atoms with Crippen molar-refractivity contribution in [3.8, 4) is 0 Å². The number of hydrogen-bond donors (Lipinski definition) is 2. The van der Waals surface area contributed by atoms with Gasteiger partial charge in [-0.3, -0.25) is 4.79 Å². The summed E-state index contributed by atoms with van der Waals surface area (Å²) < 4.78 is 4.96. The van der Waals surface area contributed by atoms with E-state index in [0.29, 0.717) is 19.1 Å². The van der Waals surface area contributed by atoms with E-state index in [4.69, 9.17) is 4.74 Å². The van der Waals surface area contributed by atoms with Crippen LogP contribution in [0.1, 0.15) is 13.3 Å². The molecule has 88 valence electrons. The highest BCUT2D eigenvalue weighted by Crippen LogP contribution is 2.09. The van der Waals surface area contributed by atoms with Gasteiger partial charge in [-0.05, 0) is 6.92 Å². The van der Waals surface area contributed by atoms with E-state index in [0.717, 1.165) is 18.1 Å². The van der Waals surface area contributed by atoms with Crippen LogP contribution in [0.3, 0.4) is 0 Å². The summed E-state index contributed by atoms with van der Waals surface area (Å²) in [6, 6.07) is 0.428. The zero-order chi connectivity index (χ0) is 11.1. The lowest BCUT2D eigenvalue weighted by molar-refractivity contribution is -0.122. The Morgan fingerprint density at radius 2 is 2.53 bits per heavy atom. The van der Waals surface area contributed by atoms with Crippen molar-refractivity contribution in [2.45, 2.75) is 25.4 Å². The molecule has 0 spiro atoms. The van der Waals surface area contributed by atoms with Crippen molar-refractivity contribution < 1.29 is 9.53 Å². The van der Waals surface area contributed by atoms with Crippen molar-refractivity contribution in [3.63, 3.8) is 0 Å². The minimum atomic E-state index is 0.0961. The van der Waals surface area contributed by atoms with Crippen LogP contribution in [-0.4, -0.2) is 49.8 Å². The van der Waals surface area contributed by atoms with Gasteiger partial charge in [0, 0.05) is 43.7 Å². The maximum Gasteiger partial charge on any atom is 0.221 e. The topological polar surface area (TPSA) is 50.4 Å². The minimum absolute atomic E-state index is 0.0961. The first kappa shape index (κ1) is 12.8. The molecule has 0 aromatic heterocycles. The van der Waals surface area contributed by atoms with Gasteiger partial charge >= 0.3 is 0 Å². The Kier molecular flexibility index (Phi) is 6.05. The monoisotopic (exact) mass is 232 g/mol. The Balaban J connectivity index is 2.16. The number of nitrogens with one attached hydrogen (secondary N) is 2. The molecule has 0 saturated carbocycles. The number of carbonyl (C=O) groups excluding carboxylic acids is 1. The smallest absolute Gasteiger partial charge is 0.221 e. The van der Waals surface area contributed by atoms with Crippen LogP contribution < -0.4 is 10.6 Å². The van der Waals surface area contributed by atoms with Crippen LogP contribution in [0.25, 0.3) is 0 Å². The molecular formula is C10H20N2O2S. The van der Waals surface area contributed by atoms with Gasteiger partial charge in [0.15, 0.2) is 0 Å². The minimum Gasteiger partial charge on any atom is -0.383 e. The molecule has 0 radical (unpaired) electrons. The molecule has 1 fully saturated rings. The van der Waals surface area contributed by atoms with Gasteiger partial charge in [0.25, 0.3) is 0 Å². The Labute approximate surface area is 95.5 Å². The second kappa shape index (κ2) is 7.09. The van der Waals surface area contributed by atoms with Crippen LogP contribution in [0.5, 0.6) is 0 Å². The molecule has 4 nitrogen and oxygen atoms in total. The van der Waals surface area contributed by atoms with Gasteiger partial charge in [-0.2, -0.15) is 11.8 Å². The van der Waals surface area contributed by atoms with E-state index in [1.165, 1.54) is 0 Å². The molecule has 1 aliphatic heterocycles. The summed E-state index contributed by atoms with van der Waals surface area (Å²) >= 11 is 1.91. The average molecular weight is 232 g/mol. The fourth-order valence-electron chi connectivity index (χ4n) is 1.60. The van der Waals surface area contributed by atoms with Crippen molar-refractivity contribution in [1.82, 2.24) is 10.6 Å². The third-order valence-electron chi connectivity index (χ3n) is 2.25. The number of methoxy groups -OCH3 is 1. The highest BCUT2D eigenvalue weighted by Gasteiger charge is 2.17. The summed E-state index contributed by atoms with van der Waals surface area (Å²) in [6.45, 7) is 3.53. The number of hydrogen-bond acceptors (Lipinski definition) is 4. The molecule has 1 saturated heterocycles. The summed E-state index contributed by atoms with van der Waals surface area (Å²) in [7, 11) is 1.64. The maximum absolute atomic E-state index is 11.6. The van der Waals surface area contributed by atoms with Crippen molar-refractivity contribution in [1.29, 1.82) is 0 Å². The van der Waals surface area contributed by atoms with Gasteiger partial charge in [-0.1, -0.05) is 0 Å². The third kappa shape index (κ3) is 5.39. The standard InChI is InChI=1S/C10H20N2O2S/c1-8(6-14-2)12-10(13)5-9-7-15-4-3-11-9/h8-9,11H,3-7H2,1-2H3,(H,12,13). The average Bonchev–Trinajstić information content (AvgIpc) is 2.19. The third-order valence-corrected chi connectivity index (χ3v) is 3.39. The largest absolute Gasteiger partial charge is 0.383 e. The predicted octanol–water partition coefficient (Wildman–Crippen LogP) is 0.233. The Hall–Kier alpha value is -0.260. The first-order valence-corrected chi connectivity index (χ1v) is 6.47. The first-order valence-electron chi connectivity index (χ1n) is 5.31. The van der Waals surface area contributed by atoms with Gasteiger partial charge < -0.3 is 15.4 Å². The molecule has 0 aromatic carbocycles. The summed E-state index contributed by atoms with van der Waals surface area (Å²) in [5.74, 6) is 2.30. The zero-order valence-electron chi connectivity index (χ0n) is 9.41. The number of amides is 1. The molecule has 2 N–H and O–H groups in total. The highest BCUT2D eigenvalue weighted by atomic mass is 32.2. The van der Waals surface area contributed by atoms with Crippen LogP contribution in [0.4, 0.5) is 0 Å². The molecule has 1 amide bonds.